The Kier molecular flexibility index (Phi) is 4.65. The molecule has 2 aromatic rings. The fraction of sp³-hybridized carbons (Fsp3) is 0.400. The van der Waals surface area contributed by atoms with E-state index < -0.39 is 0 Å². The van der Waals surface area contributed by atoms with Crippen molar-refractivity contribution in [3.05, 3.63) is 48.2 Å². The zero-order valence-electron chi connectivity index (χ0n) is 14.9. The Balaban J connectivity index is 1.37. The predicted molar refractivity (Wildman–Crippen MR) is 99.0 cm³/mol. The average molecular weight is 353 g/mol. The molecule has 0 spiro atoms. The molecule has 0 unspecified atom stereocenters. The van der Waals surface area contributed by atoms with Gasteiger partial charge in [0.15, 0.2) is 17.6 Å². The maximum atomic E-state index is 12.7. The average Bonchev–Trinajstić information content (AvgIpc) is 3.22. The number of hydrogen-bond acceptors (Lipinski definition) is 5. The van der Waals surface area contributed by atoms with Gasteiger partial charge in [0.25, 0.3) is 5.91 Å². The summed E-state index contributed by atoms with van der Waals surface area (Å²) in [5.41, 5.74) is 0.590. The fourth-order valence-corrected chi connectivity index (χ4v) is 3.41. The minimum Gasteiger partial charge on any atom is -0.486 e. The maximum Gasteiger partial charge on any atom is 0.255 e. The van der Waals surface area contributed by atoms with Crippen LogP contribution in [0.25, 0.3) is 0 Å². The van der Waals surface area contributed by atoms with Crippen molar-refractivity contribution in [2.75, 3.05) is 38.2 Å². The Bertz CT molecular complexity index is 772. The Morgan fingerprint density at radius 2 is 1.96 bits per heavy atom. The summed E-state index contributed by atoms with van der Waals surface area (Å²) in [7, 11) is 1.78. The highest BCUT2D eigenvalue weighted by Crippen LogP contribution is 2.31. The first-order chi connectivity index (χ1) is 12.7. The van der Waals surface area contributed by atoms with Crippen LogP contribution in [0.1, 0.15) is 23.2 Å². The highest BCUT2D eigenvalue weighted by molar-refractivity contribution is 5.94. The number of likely N-dealkylation sites (N-methyl/N-ethyl adjacent to an activating group) is 1. The second-order valence-electron chi connectivity index (χ2n) is 6.78. The molecule has 1 atom stereocenters. The lowest BCUT2D eigenvalue weighted by Crippen LogP contribution is -2.41. The topological polar surface area (TPSA) is 54.9 Å². The number of aromatic nitrogens is 1. The molecule has 0 saturated carbocycles. The molecule has 0 aliphatic carbocycles. The number of amides is 1. The monoisotopic (exact) mass is 353 g/mol. The van der Waals surface area contributed by atoms with Gasteiger partial charge < -0.3 is 19.3 Å². The third-order valence-corrected chi connectivity index (χ3v) is 4.82. The van der Waals surface area contributed by atoms with Gasteiger partial charge in [-0.25, -0.2) is 4.98 Å². The van der Waals surface area contributed by atoms with E-state index >= 15 is 0 Å². The van der Waals surface area contributed by atoms with E-state index in [0.29, 0.717) is 18.7 Å². The summed E-state index contributed by atoms with van der Waals surface area (Å²) in [5.74, 6) is 2.36. The highest BCUT2D eigenvalue weighted by Gasteiger charge is 2.24. The van der Waals surface area contributed by atoms with E-state index in [2.05, 4.69) is 9.88 Å². The van der Waals surface area contributed by atoms with Crippen LogP contribution >= 0.6 is 0 Å². The number of nitrogens with zero attached hydrogens (tertiary/aromatic N) is 3. The number of hydrogen-bond donors (Lipinski definition) is 0. The molecule has 1 saturated heterocycles. The molecule has 1 aromatic carbocycles. The largest absolute Gasteiger partial charge is 0.486 e. The van der Waals surface area contributed by atoms with Crippen molar-refractivity contribution in [3.63, 3.8) is 0 Å². The second kappa shape index (κ2) is 7.23. The summed E-state index contributed by atoms with van der Waals surface area (Å²) in [6.45, 7) is 2.98. The van der Waals surface area contributed by atoms with E-state index in [-0.39, 0.29) is 12.0 Å². The zero-order valence-corrected chi connectivity index (χ0v) is 14.9. The quantitative estimate of drug-likeness (QED) is 0.846. The van der Waals surface area contributed by atoms with Crippen LogP contribution in [-0.4, -0.2) is 55.2 Å². The molecular formula is C20H23N3O3. The number of carbonyl (C=O) groups excluding carboxylic acids is 1. The van der Waals surface area contributed by atoms with Gasteiger partial charge in [-0.15, -0.1) is 0 Å². The molecule has 4 rings (SSSR count). The van der Waals surface area contributed by atoms with Gasteiger partial charge in [-0.1, -0.05) is 12.1 Å². The first-order valence-electron chi connectivity index (χ1n) is 9.05. The van der Waals surface area contributed by atoms with Crippen molar-refractivity contribution >= 4 is 11.7 Å². The van der Waals surface area contributed by atoms with E-state index in [4.69, 9.17) is 9.47 Å². The summed E-state index contributed by atoms with van der Waals surface area (Å²) in [5, 5.41) is 0. The molecule has 2 aliphatic rings. The lowest BCUT2D eigenvalue weighted by molar-refractivity contribution is 0.0520. The van der Waals surface area contributed by atoms with Gasteiger partial charge in [0.05, 0.1) is 12.1 Å². The van der Waals surface area contributed by atoms with E-state index in [1.54, 1.807) is 18.1 Å². The van der Waals surface area contributed by atoms with E-state index in [1.807, 2.05) is 36.4 Å². The lowest BCUT2D eigenvalue weighted by Gasteiger charge is -2.29. The number of fused-ring (bicyclic) bond motifs is 1. The van der Waals surface area contributed by atoms with Crippen LogP contribution in [0.4, 0.5) is 5.82 Å². The number of rotatable bonds is 4. The molecule has 0 radical (unpaired) electrons. The standard InChI is InChI=1S/C20H23N3O3/c1-22(13-16-14-25-17-6-2-3-7-18(17)26-16)20(24)15-8-9-19(21-12-15)23-10-4-5-11-23/h2-3,6-9,12,16H,4-5,10-11,13-14H2,1H3/t16-/m1/s1. The smallest absolute Gasteiger partial charge is 0.255 e. The van der Waals surface area contributed by atoms with Gasteiger partial charge >= 0.3 is 0 Å². The fourth-order valence-electron chi connectivity index (χ4n) is 3.41. The summed E-state index contributed by atoms with van der Waals surface area (Å²) in [6.07, 6.45) is 3.89. The third kappa shape index (κ3) is 3.45. The van der Waals surface area contributed by atoms with Crippen LogP contribution in [0.5, 0.6) is 11.5 Å². The number of anilines is 1. The van der Waals surface area contributed by atoms with Gasteiger partial charge in [0.2, 0.25) is 0 Å². The molecular weight excluding hydrogens is 330 g/mol. The number of ether oxygens (including phenoxy) is 2. The first kappa shape index (κ1) is 16.7. The van der Waals surface area contributed by atoms with Crippen LogP contribution in [0.15, 0.2) is 42.6 Å². The van der Waals surface area contributed by atoms with Crippen LogP contribution in [0, 0.1) is 0 Å². The summed E-state index contributed by atoms with van der Waals surface area (Å²) >= 11 is 0. The summed E-state index contributed by atoms with van der Waals surface area (Å²) in [4.78, 5) is 21.0. The molecule has 6 heteroatoms. The van der Waals surface area contributed by atoms with E-state index in [9.17, 15) is 4.79 Å². The molecule has 1 aromatic heterocycles. The second-order valence-corrected chi connectivity index (χ2v) is 6.78. The predicted octanol–water partition coefficient (Wildman–Crippen LogP) is 2.59. The van der Waals surface area contributed by atoms with Crippen LogP contribution < -0.4 is 14.4 Å². The first-order valence-corrected chi connectivity index (χ1v) is 9.05. The van der Waals surface area contributed by atoms with Gasteiger partial charge in [0.1, 0.15) is 12.4 Å². The number of pyridine rings is 1. The molecule has 0 N–H and O–H groups in total. The normalized spacial score (nSPS) is 18.7. The van der Waals surface area contributed by atoms with Gasteiger partial charge in [-0.2, -0.15) is 0 Å². The Morgan fingerprint density at radius 1 is 1.19 bits per heavy atom. The number of para-hydroxylation sites is 2. The van der Waals surface area contributed by atoms with E-state index in [0.717, 1.165) is 30.4 Å². The molecule has 2 aliphatic heterocycles. The third-order valence-electron chi connectivity index (χ3n) is 4.82. The van der Waals surface area contributed by atoms with Crippen molar-refractivity contribution < 1.29 is 14.3 Å². The lowest BCUT2D eigenvalue weighted by atomic mass is 10.2. The molecule has 6 nitrogen and oxygen atoms in total. The SMILES string of the molecule is CN(C[C@@H]1COc2ccccc2O1)C(=O)c1ccc(N2CCCC2)nc1. The number of benzene rings is 1. The van der Waals surface area contributed by atoms with Gasteiger partial charge in [-0.05, 0) is 37.1 Å². The van der Waals surface area contributed by atoms with Crippen LogP contribution in [0.3, 0.4) is 0 Å². The van der Waals surface area contributed by atoms with Gasteiger partial charge in [-0.3, -0.25) is 4.79 Å². The molecule has 3 heterocycles. The van der Waals surface area contributed by atoms with E-state index in [1.165, 1.54) is 12.8 Å². The van der Waals surface area contributed by atoms with Crippen molar-refractivity contribution in [2.45, 2.75) is 18.9 Å². The Hall–Kier alpha value is -2.76. The maximum absolute atomic E-state index is 12.7. The molecule has 26 heavy (non-hydrogen) atoms. The minimum absolute atomic E-state index is 0.0621. The zero-order chi connectivity index (χ0) is 17.9. The highest BCUT2D eigenvalue weighted by atomic mass is 16.6. The summed E-state index contributed by atoms with van der Waals surface area (Å²) < 4.78 is 11.6. The Labute approximate surface area is 153 Å². The van der Waals surface area contributed by atoms with Crippen LogP contribution in [0.2, 0.25) is 0 Å². The van der Waals surface area contributed by atoms with Crippen molar-refractivity contribution in [2.24, 2.45) is 0 Å². The minimum atomic E-state index is -0.185. The molecule has 136 valence electrons. The van der Waals surface area contributed by atoms with Crippen molar-refractivity contribution in [1.29, 1.82) is 0 Å². The number of carbonyl (C=O) groups is 1. The molecule has 1 amide bonds. The van der Waals surface area contributed by atoms with Crippen molar-refractivity contribution in [1.82, 2.24) is 9.88 Å². The van der Waals surface area contributed by atoms with Gasteiger partial charge in [0, 0.05) is 26.3 Å². The molecule has 1 fully saturated rings. The van der Waals surface area contributed by atoms with Crippen LogP contribution in [-0.2, 0) is 0 Å². The summed E-state index contributed by atoms with van der Waals surface area (Å²) in [6, 6.07) is 11.4. The Morgan fingerprint density at radius 3 is 2.69 bits per heavy atom. The van der Waals surface area contributed by atoms with Crippen molar-refractivity contribution in [3.8, 4) is 11.5 Å². The molecule has 0 bridgehead atoms.